The number of H-pyrrole nitrogens is 3. The SMILES string of the molecule is CN(Cc1nc2ccccc2c(=O)[nH]1)C(=O)CCc1n[nH]c(=O)[nH]1. The van der Waals surface area contributed by atoms with Gasteiger partial charge in [0.05, 0.1) is 17.4 Å². The summed E-state index contributed by atoms with van der Waals surface area (Å²) in [5.74, 6) is 0.705. The van der Waals surface area contributed by atoms with Gasteiger partial charge in [-0.15, -0.1) is 0 Å². The van der Waals surface area contributed by atoms with Crippen LogP contribution in [0.4, 0.5) is 0 Å². The molecular weight excluding hydrogens is 312 g/mol. The molecule has 3 aromatic rings. The number of nitrogens with zero attached hydrogens (tertiary/aromatic N) is 3. The monoisotopic (exact) mass is 328 g/mol. The van der Waals surface area contributed by atoms with Crippen molar-refractivity contribution < 1.29 is 4.79 Å². The maximum atomic E-state index is 12.2. The van der Waals surface area contributed by atoms with Gasteiger partial charge in [0.15, 0.2) is 0 Å². The Labute approximate surface area is 135 Å². The number of nitrogens with one attached hydrogen (secondary N) is 3. The first-order valence-electron chi connectivity index (χ1n) is 7.38. The molecule has 24 heavy (non-hydrogen) atoms. The van der Waals surface area contributed by atoms with E-state index >= 15 is 0 Å². The minimum Gasteiger partial charge on any atom is -0.338 e. The number of rotatable bonds is 5. The maximum absolute atomic E-state index is 12.2. The molecule has 3 N–H and O–H groups in total. The summed E-state index contributed by atoms with van der Waals surface area (Å²) in [5.41, 5.74) is -0.0412. The third-order valence-corrected chi connectivity index (χ3v) is 3.60. The Kier molecular flexibility index (Phi) is 4.23. The average molecular weight is 328 g/mol. The summed E-state index contributed by atoms with van der Waals surface area (Å²) in [6.45, 7) is 0.190. The third kappa shape index (κ3) is 3.40. The van der Waals surface area contributed by atoms with Crippen LogP contribution in [0.2, 0.25) is 0 Å². The smallest absolute Gasteiger partial charge is 0.338 e. The summed E-state index contributed by atoms with van der Waals surface area (Å²) in [4.78, 5) is 46.1. The van der Waals surface area contributed by atoms with Gasteiger partial charge < -0.3 is 9.88 Å². The molecule has 0 atom stereocenters. The van der Waals surface area contributed by atoms with Crippen molar-refractivity contribution in [2.75, 3.05) is 7.05 Å². The van der Waals surface area contributed by atoms with E-state index in [1.165, 1.54) is 4.90 Å². The number of fused-ring (bicyclic) bond motifs is 1. The lowest BCUT2D eigenvalue weighted by molar-refractivity contribution is -0.130. The number of hydrogen-bond acceptors (Lipinski definition) is 5. The van der Waals surface area contributed by atoms with Crippen LogP contribution in [0.5, 0.6) is 0 Å². The van der Waals surface area contributed by atoms with E-state index in [9.17, 15) is 14.4 Å². The standard InChI is InChI=1S/C15H16N6O3/c1-21(13(22)7-6-11-18-15(24)20-19-11)8-12-16-10-5-3-2-4-9(10)14(23)17-12/h2-5H,6-8H2,1H3,(H,16,17,23)(H2,18,19,20,24). The maximum Gasteiger partial charge on any atom is 0.340 e. The number of benzene rings is 1. The zero-order valence-electron chi connectivity index (χ0n) is 13.0. The predicted molar refractivity (Wildman–Crippen MR) is 86.4 cm³/mol. The Hall–Kier alpha value is -3.23. The van der Waals surface area contributed by atoms with Crippen molar-refractivity contribution in [3.8, 4) is 0 Å². The van der Waals surface area contributed by atoms with Crippen molar-refractivity contribution >= 4 is 16.8 Å². The lowest BCUT2D eigenvalue weighted by atomic mass is 10.2. The van der Waals surface area contributed by atoms with Gasteiger partial charge in [-0.3, -0.25) is 14.6 Å². The molecule has 0 aliphatic heterocycles. The van der Waals surface area contributed by atoms with Crippen LogP contribution < -0.4 is 11.2 Å². The lowest BCUT2D eigenvalue weighted by Crippen LogP contribution is -2.28. The molecule has 0 saturated heterocycles. The molecule has 0 aliphatic rings. The number of amides is 1. The number of para-hydroxylation sites is 1. The number of aromatic amines is 3. The Morgan fingerprint density at radius 1 is 1.17 bits per heavy atom. The van der Waals surface area contributed by atoms with Gasteiger partial charge in [-0.05, 0) is 12.1 Å². The zero-order valence-corrected chi connectivity index (χ0v) is 13.0. The van der Waals surface area contributed by atoms with E-state index in [0.717, 1.165) is 0 Å². The van der Waals surface area contributed by atoms with Crippen LogP contribution in [0.25, 0.3) is 10.9 Å². The highest BCUT2D eigenvalue weighted by molar-refractivity contribution is 5.77. The van der Waals surface area contributed by atoms with Crippen LogP contribution >= 0.6 is 0 Å². The molecule has 0 spiro atoms. The number of carbonyl (C=O) groups is 1. The van der Waals surface area contributed by atoms with Gasteiger partial charge in [0, 0.05) is 19.9 Å². The van der Waals surface area contributed by atoms with E-state index in [4.69, 9.17) is 0 Å². The van der Waals surface area contributed by atoms with Crippen LogP contribution in [0.15, 0.2) is 33.9 Å². The van der Waals surface area contributed by atoms with Crippen molar-refractivity contribution in [1.29, 1.82) is 0 Å². The Bertz CT molecular complexity index is 986. The normalized spacial score (nSPS) is 10.9. The molecule has 124 valence electrons. The van der Waals surface area contributed by atoms with Gasteiger partial charge in [-0.1, -0.05) is 12.1 Å². The van der Waals surface area contributed by atoms with Gasteiger partial charge in [0.2, 0.25) is 5.91 Å². The largest absolute Gasteiger partial charge is 0.340 e. The van der Waals surface area contributed by atoms with E-state index in [0.29, 0.717) is 29.0 Å². The second-order valence-electron chi connectivity index (χ2n) is 5.40. The third-order valence-electron chi connectivity index (χ3n) is 3.60. The summed E-state index contributed by atoms with van der Waals surface area (Å²) in [6.07, 6.45) is 0.513. The van der Waals surface area contributed by atoms with E-state index in [1.54, 1.807) is 31.3 Å². The predicted octanol–water partition coefficient (Wildman–Crippen LogP) is -0.0743. The lowest BCUT2D eigenvalue weighted by Gasteiger charge is -2.16. The van der Waals surface area contributed by atoms with E-state index in [2.05, 4.69) is 25.1 Å². The first-order valence-corrected chi connectivity index (χ1v) is 7.38. The molecule has 0 radical (unpaired) electrons. The molecule has 0 aliphatic carbocycles. The summed E-state index contributed by atoms with van der Waals surface area (Å²) < 4.78 is 0. The van der Waals surface area contributed by atoms with Crippen molar-refractivity contribution in [2.24, 2.45) is 0 Å². The molecule has 0 bridgehead atoms. The van der Waals surface area contributed by atoms with Crippen molar-refractivity contribution in [3.63, 3.8) is 0 Å². The Morgan fingerprint density at radius 3 is 2.71 bits per heavy atom. The quantitative estimate of drug-likeness (QED) is 0.604. The summed E-state index contributed by atoms with van der Waals surface area (Å²) in [5, 5.41) is 6.51. The Balaban J connectivity index is 1.67. The second kappa shape index (κ2) is 6.49. The van der Waals surface area contributed by atoms with Crippen LogP contribution in [-0.2, 0) is 17.8 Å². The van der Waals surface area contributed by atoms with Crippen LogP contribution in [0.1, 0.15) is 18.1 Å². The molecule has 1 aromatic carbocycles. The highest BCUT2D eigenvalue weighted by atomic mass is 16.2. The molecule has 9 nitrogen and oxygen atoms in total. The summed E-state index contributed by atoms with van der Waals surface area (Å²) in [6, 6.07) is 7.03. The molecular formula is C15H16N6O3. The fourth-order valence-corrected chi connectivity index (χ4v) is 2.36. The molecule has 0 unspecified atom stereocenters. The van der Waals surface area contributed by atoms with E-state index < -0.39 is 5.69 Å². The molecule has 2 heterocycles. The summed E-state index contributed by atoms with van der Waals surface area (Å²) >= 11 is 0. The number of aryl methyl sites for hydroxylation is 1. The van der Waals surface area contributed by atoms with Crippen molar-refractivity contribution in [2.45, 2.75) is 19.4 Å². The summed E-state index contributed by atoms with van der Waals surface area (Å²) in [7, 11) is 1.63. The number of hydrogen-bond donors (Lipinski definition) is 3. The number of aromatic nitrogens is 5. The van der Waals surface area contributed by atoms with E-state index in [-0.39, 0.29) is 24.4 Å². The molecule has 1 amide bonds. The van der Waals surface area contributed by atoms with Gasteiger partial charge in [0.25, 0.3) is 5.56 Å². The fraction of sp³-hybridized carbons (Fsp3) is 0.267. The van der Waals surface area contributed by atoms with Crippen LogP contribution in [-0.4, -0.2) is 43.0 Å². The van der Waals surface area contributed by atoms with Gasteiger partial charge in [0.1, 0.15) is 11.6 Å². The van der Waals surface area contributed by atoms with Crippen LogP contribution in [0.3, 0.4) is 0 Å². The van der Waals surface area contributed by atoms with Crippen molar-refractivity contribution in [3.05, 3.63) is 56.8 Å². The van der Waals surface area contributed by atoms with E-state index in [1.807, 2.05) is 0 Å². The molecule has 3 rings (SSSR count). The first kappa shape index (κ1) is 15.7. The minimum absolute atomic E-state index is 0.144. The molecule has 0 fully saturated rings. The molecule has 2 aromatic heterocycles. The minimum atomic E-state index is -0.399. The highest BCUT2D eigenvalue weighted by Crippen LogP contribution is 2.07. The molecule has 9 heteroatoms. The fourth-order valence-electron chi connectivity index (χ4n) is 2.36. The average Bonchev–Trinajstić information content (AvgIpc) is 2.98. The van der Waals surface area contributed by atoms with Gasteiger partial charge in [-0.25, -0.2) is 14.9 Å². The highest BCUT2D eigenvalue weighted by Gasteiger charge is 2.13. The second-order valence-corrected chi connectivity index (χ2v) is 5.40. The first-order chi connectivity index (χ1) is 11.5. The zero-order chi connectivity index (χ0) is 17.1. The molecule has 0 saturated carbocycles. The number of carbonyl (C=O) groups excluding carboxylic acids is 1. The van der Waals surface area contributed by atoms with Crippen LogP contribution in [0, 0.1) is 0 Å². The topological polar surface area (TPSA) is 128 Å². The van der Waals surface area contributed by atoms with Gasteiger partial charge in [-0.2, -0.15) is 5.10 Å². The van der Waals surface area contributed by atoms with Crippen molar-refractivity contribution in [1.82, 2.24) is 30.0 Å². The Morgan fingerprint density at radius 2 is 1.96 bits per heavy atom. The van der Waals surface area contributed by atoms with Gasteiger partial charge >= 0.3 is 5.69 Å².